The van der Waals surface area contributed by atoms with Crippen LogP contribution in [0.2, 0.25) is 0 Å². The third-order valence-electron chi connectivity index (χ3n) is 3.84. The van der Waals surface area contributed by atoms with Crippen LogP contribution in [0.4, 0.5) is 5.82 Å². The topological polar surface area (TPSA) is 57.0 Å². The maximum atomic E-state index is 4.41. The summed E-state index contributed by atoms with van der Waals surface area (Å²) in [5, 5.41) is 8.61. The standard InChI is InChI=1S/C17H19N6Se/c1-14(15-6-2-4-8-18-15)20-21-17(24)23-12-10-22(11-13-23)16-7-3-5-9-19-16/h2-9H,10-13H2,1H3/b20-14+,21-17+. The normalized spacial score (nSPS) is 16.4. The Balaban J connectivity index is 1.60. The summed E-state index contributed by atoms with van der Waals surface area (Å²) in [7, 11) is 0. The SMILES string of the molecule is C/C(=N\N=C(\[Se])N1CCN(c2ccccn2)CC1)c1ccccn1. The molecule has 2 aromatic rings. The van der Waals surface area contributed by atoms with E-state index in [4.69, 9.17) is 0 Å². The fourth-order valence-corrected chi connectivity index (χ4v) is 2.95. The average Bonchev–Trinajstić information content (AvgIpc) is 2.67. The van der Waals surface area contributed by atoms with Crippen LogP contribution in [0.3, 0.4) is 0 Å². The van der Waals surface area contributed by atoms with E-state index in [1.807, 2.05) is 49.5 Å². The van der Waals surface area contributed by atoms with Crippen molar-refractivity contribution in [2.75, 3.05) is 31.1 Å². The van der Waals surface area contributed by atoms with Crippen LogP contribution < -0.4 is 4.90 Å². The molecule has 6 nitrogen and oxygen atoms in total. The number of hydrogen-bond acceptors (Lipinski definition) is 5. The molecule has 1 saturated heterocycles. The first-order valence-corrected chi connectivity index (χ1v) is 8.71. The van der Waals surface area contributed by atoms with E-state index in [0.29, 0.717) is 0 Å². The van der Waals surface area contributed by atoms with Gasteiger partial charge in [-0.15, -0.1) is 0 Å². The molecule has 7 heteroatoms. The zero-order chi connectivity index (χ0) is 16.8. The van der Waals surface area contributed by atoms with Crippen LogP contribution in [-0.4, -0.2) is 67.5 Å². The third kappa shape index (κ3) is 4.19. The summed E-state index contributed by atoms with van der Waals surface area (Å²) in [5.41, 5.74) is 1.64. The quantitative estimate of drug-likeness (QED) is 0.348. The van der Waals surface area contributed by atoms with Crippen molar-refractivity contribution in [1.29, 1.82) is 0 Å². The molecule has 0 spiro atoms. The molecule has 2 aromatic heterocycles. The summed E-state index contributed by atoms with van der Waals surface area (Å²) in [5.74, 6) is 1.03. The first-order valence-electron chi connectivity index (χ1n) is 7.85. The average molecular weight is 386 g/mol. The molecule has 0 aromatic carbocycles. The van der Waals surface area contributed by atoms with Gasteiger partial charge in [0.15, 0.2) is 0 Å². The van der Waals surface area contributed by atoms with Crippen molar-refractivity contribution >= 4 is 32.3 Å². The van der Waals surface area contributed by atoms with Crippen LogP contribution in [0.5, 0.6) is 0 Å². The molecule has 1 radical (unpaired) electrons. The van der Waals surface area contributed by atoms with E-state index in [1.54, 1.807) is 6.20 Å². The molecule has 0 atom stereocenters. The predicted octanol–water partition coefficient (Wildman–Crippen LogP) is 1.55. The number of amidine groups is 1. The van der Waals surface area contributed by atoms with E-state index in [2.05, 4.69) is 46.0 Å². The second kappa shape index (κ2) is 8.04. The van der Waals surface area contributed by atoms with Gasteiger partial charge in [-0.25, -0.2) is 0 Å². The number of aromatic nitrogens is 2. The Morgan fingerprint density at radius 3 is 2.29 bits per heavy atom. The summed E-state index contributed by atoms with van der Waals surface area (Å²) >= 11 is 3.02. The van der Waals surface area contributed by atoms with Crippen LogP contribution >= 0.6 is 0 Å². The number of rotatable bonds is 3. The van der Waals surface area contributed by atoms with Crippen molar-refractivity contribution in [1.82, 2.24) is 14.9 Å². The first kappa shape index (κ1) is 16.6. The van der Waals surface area contributed by atoms with Gasteiger partial charge in [0, 0.05) is 0 Å². The van der Waals surface area contributed by atoms with Gasteiger partial charge >= 0.3 is 150 Å². The molecule has 0 saturated carbocycles. The molecule has 123 valence electrons. The Bertz CT molecular complexity index is 708. The molecular weight excluding hydrogens is 367 g/mol. The van der Waals surface area contributed by atoms with Crippen molar-refractivity contribution < 1.29 is 0 Å². The van der Waals surface area contributed by atoms with Crippen molar-refractivity contribution in [3.05, 3.63) is 54.5 Å². The monoisotopic (exact) mass is 387 g/mol. The van der Waals surface area contributed by atoms with Crippen LogP contribution in [0.15, 0.2) is 59.0 Å². The van der Waals surface area contributed by atoms with Gasteiger partial charge in [-0.2, -0.15) is 0 Å². The number of pyridine rings is 2. The van der Waals surface area contributed by atoms with E-state index in [1.165, 1.54) is 0 Å². The van der Waals surface area contributed by atoms with Crippen molar-refractivity contribution in [3.8, 4) is 0 Å². The molecule has 0 aliphatic carbocycles. The van der Waals surface area contributed by atoms with Gasteiger partial charge in [-0.3, -0.25) is 0 Å². The zero-order valence-electron chi connectivity index (χ0n) is 13.5. The maximum absolute atomic E-state index is 4.41. The fourth-order valence-electron chi connectivity index (χ4n) is 2.48. The Kier molecular flexibility index (Phi) is 5.56. The Labute approximate surface area is 150 Å². The summed E-state index contributed by atoms with van der Waals surface area (Å²) in [6.45, 7) is 5.53. The Morgan fingerprint density at radius 2 is 1.67 bits per heavy atom. The Morgan fingerprint density at radius 1 is 0.958 bits per heavy atom. The van der Waals surface area contributed by atoms with E-state index in [-0.39, 0.29) is 0 Å². The van der Waals surface area contributed by atoms with E-state index >= 15 is 0 Å². The summed E-state index contributed by atoms with van der Waals surface area (Å²) in [6, 6.07) is 11.8. The third-order valence-corrected chi connectivity index (χ3v) is 4.56. The minimum atomic E-state index is 0.801. The van der Waals surface area contributed by atoms with E-state index < -0.39 is 0 Å². The van der Waals surface area contributed by atoms with Gasteiger partial charge in [0.2, 0.25) is 0 Å². The minimum absolute atomic E-state index is 0.801. The van der Waals surface area contributed by atoms with Crippen LogP contribution in [0.1, 0.15) is 12.6 Å². The molecule has 0 amide bonds. The van der Waals surface area contributed by atoms with E-state index in [9.17, 15) is 0 Å². The fraction of sp³-hybridized carbons (Fsp3) is 0.294. The molecule has 0 bridgehead atoms. The number of piperazine rings is 1. The molecule has 0 N–H and O–H groups in total. The molecule has 0 unspecified atom stereocenters. The number of anilines is 1. The second-order valence-electron chi connectivity index (χ2n) is 5.44. The van der Waals surface area contributed by atoms with Crippen molar-refractivity contribution in [2.45, 2.75) is 6.92 Å². The summed E-state index contributed by atoms with van der Waals surface area (Å²) in [6.07, 6.45) is 3.59. The van der Waals surface area contributed by atoms with E-state index in [0.717, 1.165) is 48.1 Å². The van der Waals surface area contributed by atoms with Crippen molar-refractivity contribution in [3.63, 3.8) is 0 Å². The molecule has 24 heavy (non-hydrogen) atoms. The van der Waals surface area contributed by atoms with Crippen LogP contribution in [0.25, 0.3) is 0 Å². The molecule has 3 rings (SSSR count). The van der Waals surface area contributed by atoms with Crippen LogP contribution in [0, 0.1) is 0 Å². The van der Waals surface area contributed by atoms with Gasteiger partial charge in [-0.05, 0) is 0 Å². The number of nitrogens with zero attached hydrogens (tertiary/aromatic N) is 6. The second-order valence-corrected chi connectivity index (χ2v) is 6.21. The van der Waals surface area contributed by atoms with Crippen LogP contribution in [-0.2, 0) is 0 Å². The Hall–Kier alpha value is -2.24. The molecule has 1 aliphatic heterocycles. The van der Waals surface area contributed by atoms with Gasteiger partial charge in [0.1, 0.15) is 0 Å². The van der Waals surface area contributed by atoms with Gasteiger partial charge in [0.25, 0.3) is 0 Å². The van der Waals surface area contributed by atoms with Gasteiger partial charge < -0.3 is 0 Å². The zero-order valence-corrected chi connectivity index (χ0v) is 15.3. The first-order chi connectivity index (χ1) is 11.7. The molecule has 1 fully saturated rings. The molecule has 3 heterocycles. The summed E-state index contributed by atoms with van der Waals surface area (Å²) < 4.78 is 0.811. The summed E-state index contributed by atoms with van der Waals surface area (Å²) in [4.78, 5) is 13.2. The number of hydrogen-bond donors (Lipinski definition) is 0. The molecular formula is C17H19N6Se. The molecule has 1 aliphatic rings. The van der Waals surface area contributed by atoms with Gasteiger partial charge in [0.05, 0.1) is 0 Å². The van der Waals surface area contributed by atoms with Gasteiger partial charge in [-0.1, -0.05) is 0 Å². The van der Waals surface area contributed by atoms with Crippen molar-refractivity contribution in [2.24, 2.45) is 10.2 Å². The predicted molar refractivity (Wildman–Crippen MR) is 97.7 cm³/mol.